The molecular formula is C17H13NO5. The van der Waals surface area contributed by atoms with Crippen molar-refractivity contribution in [1.82, 2.24) is 5.16 Å². The first-order valence-corrected chi connectivity index (χ1v) is 6.99. The molecular weight excluding hydrogens is 298 g/mol. The zero-order valence-corrected chi connectivity index (χ0v) is 12.3. The summed E-state index contributed by atoms with van der Waals surface area (Å²) < 4.78 is 4.92. The second kappa shape index (κ2) is 5.29. The Kier molecular flexibility index (Phi) is 3.41. The predicted molar refractivity (Wildman–Crippen MR) is 79.2 cm³/mol. The number of aromatic carboxylic acids is 1. The quantitative estimate of drug-likeness (QED) is 0.843. The van der Waals surface area contributed by atoms with Gasteiger partial charge in [0, 0.05) is 5.56 Å². The van der Waals surface area contributed by atoms with Gasteiger partial charge in [-0.15, -0.1) is 0 Å². The van der Waals surface area contributed by atoms with Gasteiger partial charge in [-0.2, -0.15) is 0 Å². The van der Waals surface area contributed by atoms with Crippen LogP contribution < -0.4 is 0 Å². The van der Waals surface area contributed by atoms with E-state index in [1.54, 1.807) is 24.3 Å². The van der Waals surface area contributed by atoms with Gasteiger partial charge in [0.1, 0.15) is 5.56 Å². The number of hydrogen-bond acceptors (Lipinski definition) is 4. The lowest BCUT2D eigenvalue weighted by Crippen LogP contribution is -2.19. The van der Waals surface area contributed by atoms with Crippen LogP contribution in [0.4, 0.5) is 0 Å². The van der Waals surface area contributed by atoms with Gasteiger partial charge in [0.2, 0.25) is 5.76 Å². The lowest BCUT2D eigenvalue weighted by atomic mass is 9.95. The molecule has 1 aromatic carbocycles. The van der Waals surface area contributed by atoms with Crippen molar-refractivity contribution in [2.45, 2.75) is 25.2 Å². The number of aryl methyl sites for hydroxylation is 1. The summed E-state index contributed by atoms with van der Waals surface area (Å²) in [6.45, 7) is 1.54. The Bertz CT molecular complexity index is 847. The average molecular weight is 311 g/mol. The minimum atomic E-state index is -1.14. The number of hydrogen-bond donors (Lipinski definition) is 2. The topological polar surface area (TPSA) is 101 Å². The maximum Gasteiger partial charge on any atom is 0.342 e. The molecule has 1 aromatic heterocycles. The molecule has 0 saturated heterocycles. The molecule has 6 heteroatoms. The fourth-order valence-electron chi connectivity index (χ4n) is 2.46. The molecule has 1 heterocycles. The number of benzene rings is 1. The van der Waals surface area contributed by atoms with Crippen molar-refractivity contribution in [3.05, 3.63) is 52.4 Å². The van der Waals surface area contributed by atoms with Gasteiger partial charge >= 0.3 is 11.9 Å². The van der Waals surface area contributed by atoms with Crippen molar-refractivity contribution < 1.29 is 24.3 Å². The minimum absolute atomic E-state index is 0.00303. The van der Waals surface area contributed by atoms with Crippen LogP contribution >= 0.6 is 0 Å². The van der Waals surface area contributed by atoms with Crippen LogP contribution in [0.2, 0.25) is 0 Å². The van der Waals surface area contributed by atoms with Crippen LogP contribution in [0.25, 0.3) is 0 Å². The first-order valence-electron chi connectivity index (χ1n) is 6.99. The maximum absolute atomic E-state index is 11.3. The lowest BCUT2D eigenvalue weighted by molar-refractivity contribution is -0.140. The molecule has 23 heavy (non-hydrogen) atoms. The van der Waals surface area contributed by atoms with Crippen molar-refractivity contribution in [2.75, 3.05) is 0 Å². The van der Waals surface area contributed by atoms with Gasteiger partial charge in [0.25, 0.3) is 0 Å². The van der Waals surface area contributed by atoms with E-state index in [1.165, 1.54) is 6.92 Å². The second-order valence-electron chi connectivity index (χ2n) is 5.49. The SMILES string of the molecule is Cc1noc(C#Cc2ccc(C3(C(=O)O)CC3)cc2)c1C(=O)O. The Labute approximate surface area is 131 Å². The molecule has 3 rings (SSSR count). The number of carbonyl (C=O) groups is 2. The van der Waals surface area contributed by atoms with Gasteiger partial charge in [-0.3, -0.25) is 4.79 Å². The molecule has 0 radical (unpaired) electrons. The summed E-state index contributed by atoms with van der Waals surface area (Å²) in [5, 5.41) is 22.0. The van der Waals surface area contributed by atoms with Gasteiger partial charge in [0.15, 0.2) is 0 Å². The third-order valence-electron chi connectivity index (χ3n) is 3.99. The zero-order chi connectivity index (χ0) is 16.6. The third kappa shape index (κ3) is 2.57. The molecule has 1 fully saturated rings. The Balaban J connectivity index is 1.86. The summed E-state index contributed by atoms with van der Waals surface area (Å²) in [6, 6.07) is 6.92. The van der Waals surface area contributed by atoms with E-state index in [0.717, 1.165) is 5.56 Å². The molecule has 2 aromatic rings. The fraction of sp³-hybridized carbons (Fsp3) is 0.235. The zero-order valence-electron chi connectivity index (χ0n) is 12.3. The Morgan fingerprint density at radius 2 is 1.83 bits per heavy atom. The summed E-state index contributed by atoms with van der Waals surface area (Å²) in [4.78, 5) is 22.4. The van der Waals surface area contributed by atoms with Crippen molar-refractivity contribution in [3.63, 3.8) is 0 Å². The normalized spacial score (nSPS) is 14.7. The Morgan fingerprint density at radius 3 is 2.35 bits per heavy atom. The van der Waals surface area contributed by atoms with E-state index < -0.39 is 17.4 Å². The lowest BCUT2D eigenvalue weighted by Gasteiger charge is -2.09. The smallest absolute Gasteiger partial charge is 0.342 e. The van der Waals surface area contributed by atoms with E-state index in [1.807, 2.05) is 0 Å². The standard InChI is InChI=1S/C17H13NO5/c1-10-14(15(19)20)13(23-18-10)7-4-11-2-5-12(6-3-11)17(8-9-17)16(21)22/h2-3,5-6H,8-9H2,1H3,(H,19,20)(H,21,22). The number of nitrogens with zero attached hydrogens (tertiary/aromatic N) is 1. The molecule has 2 N–H and O–H groups in total. The van der Waals surface area contributed by atoms with Gasteiger partial charge in [-0.05, 0) is 43.4 Å². The van der Waals surface area contributed by atoms with Crippen molar-refractivity contribution in [1.29, 1.82) is 0 Å². The summed E-state index contributed by atoms with van der Waals surface area (Å²) in [6.07, 6.45) is 1.29. The monoisotopic (exact) mass is 311 g/mol. The molecule has 0 bridgehead atoms. The van der Waals surface area contributed by atoms with E-state index in [0.29, 0.717) is 18.4 Å². The van der Waals surface area contributed by atoms with Crippen molar-refractivity contribution >= 4 is 11.9 Å². The molecule has 0 aliphatic heterocycles. The Hall–Kier alpha value is -3.07. The maximum atomic E-state index is 11.3. The molecule has 1 saturated carbocycles. The van der Waals surface area contributed by atoms with E-state index in [4.69, 9.17) is 9.63 Å². The second-order valence-corrected chi connectivity index (χ2v) is 5.49. The van der Waals surface area contributed by atoms with E-state index in [9.17, 15) is 14.7 Å². The number of aromatic nitrogens is 1. The van der Waals surface area contributed by atoms with Crippen LogP contribution in [-0.2, 0) is 10.2 Å². The van der Waals surface area contributed by atoms with Crippen LogP contribution in [0.1, 0.15) is 45.8 Å². The van der Waals surface area contributed by atoms with Crippen molar-refractivity contribution in [3.8, 4) is 11.8 Å². The van der Waals surface area contributed by atoms with Gasteiger partial charge in [-0.1, -0.05) is 23.2 Å². The van der Waals surface area contributed by atoms with E-state index in [2.05, 4.69) is 17.0 Å². The van der Waals surface area contributed by atoms with Crippen molar-refractivity contribution in [2.24, 2.45) is 0 Å². The van der Waals surface area contributed by atoms with Crippen LogP contribution in [-0.4, -0.2) is 27.3 Å². The van der Waals surface area contributed by atoms with Crippen LogP contribution in [0.15, 0.2) is 28.8 Å². The number of rotatable bonds is 3. The van der Waals surface area contributed by atoms with Gasteiger partial charge < -0.3 is 14.7 Å². The molecule has 6 nitrogen and oxygen atoms in total. The van der Waals surface area contributed by atoms with Crippen LogP contribution in [0.3, 0.4) is 0 Å². The van der Waals surface area contributed by atoms with Crippen LogP contribution in [0.5, 0.6) is 0 Å². The van der Waals surface area contributed by atoms with Gasteiger partial charge in [-0.25, -0.2) is 4.79 Å². The number of aliphatic carboxylic acids is 1. The molecule has 0 spiro atoms. The molecule has 0 amide bonds. The molecule has 1 aliphatic carbocycles. The highest BCUT2D eigenvalue weighted by molar-refractivity contribution is 5.91. The highest BCUT2D eigenvalue weighted by Gasteiger charge is 2.51. The summed E-state index contributed by atoms with van der Waals surface area (Å²) >= 11 is 0. The summed E-state index contributed by atoms with van der Waals surface area (Å²) in [5.74, 6) is 3.51. The predicted octanol–water partition coefficient (Wildman–Crippen LogP) is 2.20. The minimum Gasteiger partial charge on any atom is -0.481 e. The van der Waals surface area contributed by atoms with E-state index >= 15 is 0 Å². The Morgan fingerprint density at radius 1 is 1.17 bits per heavy atom. The third-order valence-corrected chi connectivity index (χ3v) is 3.99. The number of carboxylic acids is 2. The number of carboxylic acid groups (broad SMARTS) is 2. The summed E-state index contributed by atoms with van der Waals surface area (Å²) in [5.41, 5.74) is 0.883. The average Bonchev–Trinajstić information content (AvgIpc) is 3.24. The largest absolute Gasteiger partial charge is 0.481 e. The molecule has 116 valence electrons. The first kappa shape index (κ1) is 14.9. The fourth-order valence-corrected chi connectivity index (χ4v) is 2.46. The first-order chi connectivity index (χ1) is 10.9. The highest BCUT2D eigenvalue weighted by Crippen LogP contribution is 2.48. The highest BCUT2D eigenvalue weighted by atomic mass is 16.5. The van der Waals surface area contributed by atoms with E-state index in [-0.39, 0.29) is 17.0 Å². The van der Waals surface area contributed by atoms with Gasteiger partial charge in [0.05, 0.1) is 11.1 Å². The molecule has 1 aliphatic rings. The molecule has 0 unspecified atom stereocenters. The summed E-state index contributed by atoms with van der Waals surface area (Å²) in [7, 11) is 0. The molecule has 0 atom stereocenters. The van der Waals surface area contributed by atoms with Crippen LogP contribution in [0, 0.1) is 18.8 Å².